The van der Waals surface area contributed by atoms with Crippen LogP contribution in [0.25, 0.3) is 0 Å². The average Bonchev–Trinajstić information content (AvgIpc) is 2.65. The molecule has 0 aromatic heterocycles. The van der Waals surface area contributed by atoms with Crippen LogP contribution in [0.4, 0.5) is 5.69 Å². The van der Waals surface area contributed by atoms with Gasteiger partial charge in [-0.1, -0.05) is 19.8 Å². The van der Waals surface area contributed by atoms with E-state index >= 15 is 0 Å². The molecule has 2 heteroatoms. The van der Waals surface area contributed by atoms with Crippen molar-refractivity contribution in [3.05, 3.63) is 29.8 Å². The fourth-order valence-electron chi connectivity index (χ4n) is 2.87. The lowest BCUT2D eigenvalue weighted by Crippen LogP contribution is -2.24. The van der Waals surface area contributed by atoms with Gasteiger partial charge in [0.25, 0.3) is 0 Å². The Balaban J connectivity index is 1.98. The summed E-state index contributed by atoms with van der Waals surface area (Å²) in [5, 5.41) is 8.81. The van der Waals surface area contributed by atoms with Gasteiger partial charge in [-0.05, 0) is 49.4 Å². The monoisotopic (exact) mass is 242 g/mol. The molecule has 0 bridgehead atoms. The molecule has 1 fully saturated rings. The van der Waals surface area contributed by atoms with Crippen molar-refractivity contribution < 1.29 is 0 Å². The number of hydrogen-bond donors (Lipinski definition) is 0. The van der Waals surface area contributed by atoms with Crippen molar-refractivity contribution in [2.75, 3.05) is 18.0 Å². The van der Waals surface area contributed by atoms with Crippen LogP contribution in [0.15, 0.2) is 24.3 Å². The van der Waals surface area contributed by atoms with Crippen molar-refractivity contribution in [3.63, 3.8) is 0 Å². The summed E-state index contributed by atoms with van der Waals surface area (Å²) in [6.45, 7) is 4.60. The molecule has 96 valence electrons. The Labute approximate surface area is 110 Å². The molecule has 0 N–H and O–H groups in total. The standard InChI is InChI=1S/C16H22N2/c1-2-4-14-5-3-11-18(12-10-14)16-8-6-15(13-17)7-9-16/h6-9,14H,2-5,10-12H2,1H3. The van der Waals surface area contributed by atoms with Crippen molar-refractivity contribution in [2.24, 2.45) is 5.92 Å². The number of nitriles is 1. The Morgan fingerprint density at radius 1 is 1.22 bits per heavy atom. The molecule has 2 rings (SSSR count). The molecular weight excluding hydrogens is 220 g/mol. The van der Waals surface area contributed by atoms with Crippen LogP contribution in [0.1, 0.15) is 44.6 Å². The summed E-state index contributed by atoms with van der Waals surface area (Å²) in [4.78, 5) is 2.47. The van der Waals surface area contributed by atoms with Gasteiger partial charge in [0.05, 0.1) is 11.6 Å². The van der Waals surface area contributed by atoms with Gasteiger partial charge < -0.3 is 4.90 Å². The summed E-state index contributed by atoms with van der Waals surface area (Å²) in [6.07, 6.45) is 6.67. The maximum atomic E-state index is 8.81. The Morgan fingerprint density at radius 2 is 2.00 bits per heavy atom. The van der Waals surface area contributed by atoms with Gasteiger partial charge in [0.1, 0.15) is 0 Å². The van der Waals surface area contributed by atoms with E-state index in [2.05, 4.69) is 30.0 Å². The molecule has 1 aromatic carbocycles. The number of benzene rings is 1. The second-order valence-electron chi connectivity index (χ2n) is 5.23. The SMILES string of the molecule is CCCC1CCCN(c2ccc(C#N)cc2)CC1. The number of rotatable bonds is 3. The lowest BCUT2D eigenvalue weighted by Gasteiger charge is -2.23. The molecule has 0 amide bonds. The predicted molar refractivity (Wildman–Crippen MR) is 75.6 cm³/mol. The second kappa shape index (κ2) is 6.44. The van der Waals surface area contributed by atoms with E-state index in [-0.39, 0.29) is 0 Å². The molecule has 1 aromatic rings. The molecule has 1 heterocycles. The van der Waals surface area contributed by atoms with Crippen LogP contribution in [0.2, 0.25) is 0 Å². The molecule has 1 aliphatic heterocycles. The van der Waals surface area contributed by atoms with Crippen molar-refractivity contribution in [3.8, 4) is 6.07 Å². The summed E-state index contributed by atoms with van der Waals surface area (Å²) >= 11 is 0. The lowest BCUT2D eigenvalue weighted by molar-refractivity contribution is 0.435. The van der Waals surface area contributed by atoms with Gasteiger partial charge in [-0.2, -0.15) is 5.26 Å². The van der Waals surface area contributed by atoms with E-state index in [0.717, 1.165) is 24.6 Å². The fourth-order valence-corrected chi connectivity index (χ4v) is 2.87. The molecule has 1 saturated heterocycles. The van der Waals surface area contributed by atoms with E-state index < -0.39 is 0 Å². The highest BCUT2D eigenvalue weighted by atomic mass is 15.1. The first-order valence-corrected chi connectivity index (χ1v) is 7.08. The van der Waals surface area contributed by atoms with Crippen LogP contribution in [0.5, 0.6) is 0 Å². The summed E-state index contributed by atoms with van der Waals surface area (Å²) in [5.74, 6) is 0.915. The van der Waals surface area contributed by atoms with Crippen molar-refractivity contribution in [1.82, 2.24) is 0 Å². The summed E-state index contributed by atoms with van der Waals surface area (Å²) in [6, 6.07) is 10.2. The highest BCUT2D eigenvalue weighted by Crippen LogP contribution is 2.25. The van der Waals surface area contributed by atoms with Gasteiger partial charge in [0, 0.05) is 18.8 Å². The van der Waals surface area contributed by atoms with Crippen LogP contribution >= 0.6 is 0 Å². The molecule has 0 aliphatic carbocycles. The number of hydrogen-bond acceptors (Lipinski definition) is 2. The summed E-state index contributed by atoms with van der Waals surface area (Å²) in [7, 11) is 0. The second-order valence-corrected chi connectivity index (χ2v) is 5.23. The molecule has 18 heavy (non-hydrogen) atoms. The summed E-state index contributed by atoms with van der Waals surface area (Å²) < 4.78 is 0. The summed E-state index contributed by atoms with van der Waals surface area (Å²) in [5.41, 5.74) is 2.02. The van der Waals surface area contributed by atoms with E-state index in [1.54, 1.807) is 0 Å². The largest absolute Gasteiger partial charge is 0.372 e. The van der Waals surface area contributed by atoms with Gasteiger partial charge >= 0.3 is 0 Å². The number of nitrogens with zero attached hydrogens (tertiary/aromatic N) is 2. The van der Waals surface area contributed by atoms with E-state index in [0.29, 0.717) is 0 Å². The average molecular weight is 242 g/mol. The zero-order valence-electron chi connectivity index (χ0n) is 11.2. The molecule has 0 spiro atoms. The fraction of sp³-hybridized carbons (Fsp3) is 0.562. The Morgan fingerprint density at radius 3 is 2.67 bits per heavy atom. The highest BCUT2D eigenvalue weighted by molar-refractivity contribution is 5.49. The topological polar surface area (TPSA) is 27.0 Å². The zero-order valence-corrected chi connectivity index (χ0v) is 11.2. The smallest absolute Gasteiger partial charge is 0.0991 e. The van der Waals surface area contributed by atoms with Gasteiger partial charge in [0.15, 0.2) is 0 Å². The minimum atomic E-state index is 0.748. The van der Waals surface area contributed by atoms with Crippen LogP contribution in [0.3, 0.4) is 0 Å². The van der Waals surface area contributed by atoms with E-state index in [4.69, 9.17) is 5.26 Å². The van der Waals surface area contributed by atoms with Crippen LogP contribution in [-0.4, -0.2) is 13.1 Å². The third-order valence-corrected chi connectivity index (χ3v) is 3.91. The molecular formula is C16H22N2. The highest BCUT2D eigenvalue weighted by Gasteiger charge is 2.16. The first-order chi connectivity index (χ1) is 8.83. The van der Waals surface area contributed by atoms with Gasteiger partial charge in [-0.15, -0.1) is 0 Å². The Bertz CT molecular complexity index is 402. The predicted octanol–water partition coefficient (Wildman–Crippen LogP) is 3.96. The first kappa shape index (κ1) is 13.0. The minimum Gasteiger partial charge on any atom is -0.372 e. The van der Waals surface area contributed by atoms with E-state index in [9.17, 15) is 0 Å². The number of anilines is 1. The lowest BCUT2D eigenvalue weighted by atomic mass is 9.96. The van der Waals surface area contributed by atoms with E-state index in [1.165, 1.54) is 37.8 Å². The Hall–Kier alpha value is -1.49. The van der Waals surface area contributed by atoms with Crippen molar-refractivity contribution in [1.29, 1.82) is 5.26 Å². The van der Waals surface area contributed by atoms with Gasteiger partial charge in [-0.3, -0.25) is 0 Å². The molecule has 0 saturated carbocycles. The quantitative estimate of drug-likeness (QED) is 0.802. The Kier molecular flexibility index (Phi) is 4.64. The maximum Gasteiger partial charge on any atom is 0.0991 e. The normalized spacial score (nSPS) is 20.2. The molecule has 1 unspecified atom stereocenters. The van der Waals surface area contributed by atoms with Crippen molar-refractivity contribution in [2.45, 2.75) is 39.0 Å². The third-order valence-electron chi connectivity index (χ3n) is 3.91. The van der Waals surface area contributed by atoms with Crippen molar-refractivity contribution >= 4 is 5.69 Å². The maximum absolute atomic E-state index is 8.81. The van der Waals surface area contributed by atoms with Crippen LogP contribution in [0, 0.1) is 17.2 Å². The molecule has 1 atom stereocenters. The van der Waals surface area contributed by atoms with Crippen LogP contribution < -0.4 is 4.90 Å². The minimum absolute atomic E-state index is 0.748. The van der Waals surface area contributed by atoms with Gasteiger partial charge in [0.2, 0.25) is 0 Å². The third kappa shape index (κ3) is 3.26. The van der Waals surface area contributed by atoms with Crippen LogP contribution in [-0.2, 0) is 0 Å². The zero-order chi connectivity index (χ0) is 12.8. The first-order valence-electron chi connectivity index (χ1n) is 7.08. The molecule has 0 radical (unpaired) electrons. The van der Waals surface area contributed by atoms with Gasteiger partial charge in [-0.25, -0.2) is 0 Å². The molecule has 2 nitrogen and oxygen atoms in total. The van der Waals surface area contributed by atoms with E-state index in [1.807, 2.05) is 12.1 Å². The molecule has 1 aliphatic rings.